The van der Waals surface area contributed by atoms with E-state index in [4.69, 9.17) is 0 Å². The molecule has 0 atom stereocenters. The summed E-state index contributed by atoms with van der Waals surface area (Å²) in [5.74, 6) is 0.115. The highest BCUT2D eigenvalue weighted by Crippen LogP contribution is 2.25. The molecule has 0 aliphatic carbocycles. The molecule has 0 unspecified atom stereocenters. The molecule has 1 heterocycles. The number of rotatable bonds is 1. The topological polar surface area (TPSA) is 41.1 Å². The lowest BCUT2D eigenvalue weighted by Crippen LogP contribution is -2.18. The van der Waals surface area contributed by atoms with Crippen LogP contribution in [0.15, 0.2) is 18.2 Å². The summed E-state index contributed by atoms with van der Waals surface area (Å²) in [6.45, 7) is 4.00. The van der Waals surface area contributed by atoms with E-state index in [0.717, 1.165) is 17.8 Å². The maximum Gasteiger partial charge on any atom is 0.224 e. The van der Waals surface area contributed by atoms with Crippen LogP contribution in [0.1, 0.15) is 25.8 Å². The summed E-state index contributed by atoms with van der Waals surface area (Å²) in [5.41, 5.74) is 3.26. The first-order valence-electron chi connectivity index (χ1n) is 5.40. The molecule has 1 aliphatic rings. The smallest absolute Gasteiger partial charge is 0.224 e. The second kappa shape index (κ2) is 5.39. The molecule has 0 spiro atoms. The van der Waals surface area contributed by atoms with Crippen LogP contribution in [-0.2, 0) is 11.2 Å². The molecule has 0 radical (unpaired) electrons. The van der Waals surface area contributed by atoms with E-state index in [0.29, 0.717) is 6.42 Å². The zero-order chi connectivity index (χ0) is 11.3. The number of hydrogen-bond acceptors (Lipinski definition) is 2. The zero-order valence-electron chi connectivity index (χ0n) is 9.55. The van der Waals surface area contributed by atoms with Crippen molar-refractivity contribution < 1.29 is 4.79 Å². The summed E-state index contributed by atoms with van der Waals surface area (Å²) in [5, 5.41) is 5.92. The van der Waals surface area contributed by atoms with Crippen molar-refractivity contribution in [3.63, 3.8) is 0 Å². The van der Waals surface area contributed by atoms with Gasteiger partial charge in [-0.2, -0.15) is 0 Å². The van der Waals surface area contributed by atoms with E-state index in [-0.39, 0.29) is 5.91 Å². The minimum Gasteiger partial charge on any atom is -0.388 e. The first-order valence-corrected chi connectivity index (χ1v) is 5.40. The lowest BCUT2D eigenvalue weighted by Gasteiger charge is -2.17. The van der Waals surface area contributed by atoms with Crippen molar-refractivity contribution in [2.75, 3.05) is 17.7 Å². The van der Waals surface area contributed by atoms with Gasteiger partial charge in [0.25, 0.3) is 0 Å². The number of carbonyl (C=O) groups is 1. The zero-order valence-corrected chi connectivity index (χ0v) is 9.55. The summed E-state index contributed by atoms with van der Waals surface area (Å²) in [6, 6.07) is 5.98. The predicted molar refractivity (Wildman–Crippen MR) is 64.3 cm³/mol. The van der Waals surface area contributed by atoms with Crippen LogP contribution < -0.4 is 10.6 Å². The molecule has 1 amide bonds. The molecule has 2 rings (SSSR count). The van der Waals surface area contributed by atoms with Crippen molar-refractivity contribution in [2.45, 2.75) is 26.7 Å². The summed E-state index contributed by atoms with van der Waals surface area (Å²) in [6.07, 6.45) is 1.44. The maximum atomic E-state index is 11.1. The Balaban J connectivity index is 0.000000531. The van der Waals surface area contributed by atoms with Gasteiger partial charge in [0.1, 0.15) is 0 Å². The van der Waals surface area contributed by atoms with Gasteiger partial charge in [-0.25, -0.2) is 0 Å². The number of carbonyl (C=O) groups excluding carboxylic acids is 1. The Morgan fingerprint density at radius 1 is 1.27 bits per heavy atom. The van der Waals surface area contributed by atoms with E-state index in [9.17, 15) is 4.79 Å². The van der Waals surface area contributed by atoms with E-state index in [2.05, 4.69) is 16.7 Å². The number of amides is 1. The first kappa shape index (κ1) is 11.6. The lowest BCUT2D eigenvalue weighted by atomic mass is 10.0. The third-order valence-corrected chi connectivity index (χ3v) is 2.29. The minimum absolute atomic E-state index is 0.115. The van der Waals surface area contributed by atoms with E-state index in [1.165, 1.54) is 5.56 Å². The average molecular weight is 206 g/mol. The average Bonchev–Trinajstić information content (AvgIpc) is 2.31. The van der Waals surface area contributed by atoms with Gasteiger partial charge in [0.15, 0.2) is 0 Å². The Labute approximate surface area is 90.9 Å². The standard InChI is InChI=1S/C10H12N2O.C2H6/c1-11-8-3-4-9-7(6-8)2-5-10(13)12-9;1-2/h3-4,6,11H,2,5H2,1H3,(H,12,13);1-2H3. The van der Waals surface area contributed by atoms with E-state index >= 15 is 0 Å². The Morgan fingerprint density at radius 3 is 2.67 bits per heavy atom. The van der Waals surface area contributed by atoms with Gasteiger partial charge in [-0.05, 0) is 30.2 Å². The summed E-state index contributed by atoms with van der Waals surface area (Å²) in [7, 11) is 1.89. The van der Waals surface area contributed by atoms with Crippen LogP contribution in [0.2, 0.25) is 0 Å². The molecule has 1 aromatic carbocycles. The highest BCUT2D eigenvalue weighted by Gasteiger charge is 2.13. The number of fused-ring (bicyclic) bond motifs is 1. The molecule has 15 heavy (non-hydrogen) atoms. The molecular formula is C12H18N2O. The monoisotopic (exact) mass is 206 g/mol. The van der Waals surface area contributed by atoms with Gasteiger partial charge in [-0.1, -0.05) is 13.8 Å². The number of nitrogens with one attached hydrogen (secondary N) is 2. The minimum atomic E-state index is 0.115. The Morgan fingerprint density at radius 2 is 2.00 bits per heavy atom. The summed E-state index contributed by atoms with van der Waals surface area (Å²) in [4.78, 5) is 11.1. The van der Waals surface area contributed by atoms with Crippen LogP contribution >= 0.6 is 0 Å². The quantitative estimate of drug-likeness (QED) is 0.741. The van der Waals surface area contributed by atoms with E-state index in [1.807, 2.05) is 33.0 Å². The van der Waals surface area contributed by atoms with Gasteiger partial charge in [0.05, 0.1) is 0 Å². The molecule has 0 saturated heterocycles. The van der Waals surface area contributed by atoms with Crippen LogP contribution in [0.5, 0.6) is 0 Å². The highest BCUT2D eigenvalue weighted by molar-refractivity contribution is 5.94. The van der Waals surface area contributed by atoms with Crippen molar-refractivity contribution in [1.82, 2.24) is 0 Å². The number of aryl methyl sites for hydroxylation is 1. The molecule has 0 fully saturated rings. The third-order valence-electron chi connectivity index (χ3n) is 2.29. The molecule has 3 nitrogen and oxygen atoms in total. The SMILES string of the molecule is CC.CNc1ccc2c(c1)CCC(=O)N2. The summed E-state index contributed by atoms with van der Waals surface area (Å²) >= 11 is 0. The lowest BCUT2D eigenvalue weighted by molar-refractivity contribution is -0.116. The number of benzene rings is 1. The van der Waals surface area contributed by atoms with E-state index < -0.39 is 0 Å². The summed E-state index contributed by atoms with van der Waals surface area (Å²) < 4.78 is 0. The largest absolute Gasteiger partial charge is 0.388 e. The molecular weight excluding hydrogens is 188 g/mol. The second-order valence-electron chi connectivity index (χ2n) is 3.17. The molecule has 0 bridgehead atoms. The van der Waals surface area contributed by atoms with Crippen LogP contribution in [0.25, 0.3) is 0 Å². The van der Waals surface area contributed by atoms with Gasteiger partial charge in [0.2, 0.25) is 5.91 Å². The van der Waals surface area contributed by atoms with Gasteiger partial charge >= 0.3 is 0 Å². The van der Waals surface area contributed by atoms with E-state index in [1.54, 1.807) is 0 Å². The Hall–Kier alpha value is -1.51. The molecule has 0 saturated carbocycles. The molecule has 1 aromatic rings. The van der Waals surface area contributed by atoms with Crippen LogP contribution in [0.4, 0.5) is 11.4 Å². The highest BCUT2D eigenvalue weighted by atomic mass is 16.1. The molecule has 0 aromatic heterocycles. The number of hydrogen-bond donors (Lipinski definition) is 2. The van der Waals surface area contributed by atoms with Crippen molar-refractivity contribution in [2.24, 2.45) is 0 Å². The molecule has 1 aliphatic heterocycles. The van der Waals surface area contributed by atoms with Crippen molar-refractivity contribution in [3.05, 3.63) is 23.8 Å². The van der Waals surface area contributed by atoms with Crippen LogP contribution in [0, 0.1) is 0 Å². The normalized spacial score (nSPS) is 13.1. The van der Waals surface area contributed by atoms with Gasteiger partial charge in [-0.3, -0.25) is 4.79 Å². The molecule has 82 valence electrons. The van der Waals surface area contributed by atoms with Crippen LogP contribution in [0.3, 0.4) is 0 Å². The van der Waals surface area contributed by atoms with Gasteiger partial charge < -0.3 is 10.6 Å². The predicted octanol–water partition coefficient (Wildman–Crippen LogP) is 2.64. The van der Waals surface area contributed by atoms with Crippen LogP contribution in [-0.4, -0.2) is 13.0 Å². The fourth-order valence-corrected chi connectivity index (χ4v) is 1.54. The van der Waals surface area contributed by atoms with Gasteiger partial charge in [-0.15, -0.1) is 0 Å². The molecule has 3 heteroatoms. The van der Waals surface area contributed by atoms with Crippen molar-refractivity contribution in [1.29, 1.82) is 0 Å². The first-order chi connectivity index (χ1) is 7.29. The number of anilines is 2. The van der Waals surface area contributed by atoms with Gasteiger partial charge in [0, 0.05) is 24.8 Å². The fourth-order valence-electron chi connectivity index (χ4n) is 1.54. The van der Waals surface area contributed by atoms with Crippen molar-refractivity contribution >= 4 is 17.3 Å². The second-order valence-corrected chi connectivity index (χ2v) is 3.17. The maximum absolute atomic E-state index is 11.1. The fraction of sp³-hybridized carbons (Fsp3) is 0.417. The molecule has 2 N–H and O–H groups in total. The third kappa shape index (κ3) is 2.72. The Bertz CT molecular complexity index is 347. The Kier molecular flexibility index (Phi) is 4.16. The van der Waals surface area contributed by atoms with Crippen molar-refractivity contribution in [3.8, 4) is 0 Å².